The van der Waals surface area contributed by atoms with Crippen molar-refractivity contribution in [2.24, 2.45) is 5.73 Å². The number of hydrogen-bond donors (Lipinski definition) is 1. The summed E-state index contributed by atoms with van der Waals surface area (Å²) >= 11 is 0. The van der Waals surface area contributed by atoms with E-state index in [0.29, 0.717) is 6.04 Å². The molecule has 0 atom stereocenters. The Bertz CT molecular complexity index is 137. The van der Waals surface area contributed by atoms with Gasteiger partial charge in [-0.25, -0.2) is 0 Å². The molecule has 0 bridgehead atoms. The summed E-state index contributed by atoms with van der Waals surface area (Å²) in [5.74, 6) is 0. The van der Waals surface area contributed by atoms with Crippen LogP contribution in [0.2, 0.25) is 0 Å². The van der Waals surface area contributed by atoms with Gasteiger partial charge < -0.3 is 10.5 Å². The molecule has 4 nitrogen and oxygen atoms in total. The van der Waals surface area contributed by atoms with Crippen molar-refractivity contribution in [3.05, 3.63) is 0 Å². The maximum atomic E-state index is 5.47. The molecule has 78 valence electrons. The molecule has 0 aromatic rings. The van der Waals surface area contributed by atoms with Crippen LogP contribution in [0.5, 0.6) is 0 Å². The Kier molecular flexibility index (Phi) is 4.66. The molecule has 0 saturated carbocycles. The van der Waals surface area contributed by atoms with Crippen LogP contribution in [0, 0.1) is 0 Å². The molecule has 0 radical (unpaired) electrons. The van der Waals surface area contributed by atoms with Gasteiger partial charge in [0.2, 0.25) is 0 Å². The van der Waals surface area contributed by atoms with Crippen molar-refractivity contribution < 1.29 is 4.74 Å². The topological polar surface area (TPSA) is 41.7 Å². The molecular formula is C9H21N3O. The van der Waals surface area contributed by atoms with E-state index in [0.717, 1.165) is 39.3 Å². The molecule has 13 heavy (non-hydrogen) atoms. The molecule has 0 unspecified atom stereocenters. The normalized spacial score (nSPS) is 19.4. The van der Waals surface area contributed by atoms with E-state index in [4.69, 9.17) is 10.5 Å². The molecule has 1 saturated heterocycles. The summed E-state index contributed by atoms with van der Waals surface area (Å²) in [6, 6.07) is 0.710. The van der Waals surface area contributed by atoms with Crippen LogP contribution in [0.1, 0.15) is 0 Å². The largest absolute Gasteiger partial charge is 0.383 e. The molecule has 1 fully saturated rings. The molecule has 0 amide bonds. The highest BCUT2D eigenvalue weighted by Crippen LogP contribution is 2.11. The van der Waals surface area contributed by atoms with Gasteiger partial charge in [-0.2, -0.15) is 0 Å². The number of rotatable bonds is 6. The first-order valence-electron chi connectivity index (χ1n) is 4.89. The van der Waals surface area contributed by atoms with Gasteiger partial charge in [-0.1, -0.05) is 0 Å². The Morgan fingerprint density at radius 3 is 2.77 bits per heavy atom. The van der Waals surface area contributed by atoms with Crippen LogP contribution in [0.25, 0.3) is 0 Å². The zero-order valence-electron chi connectivity index (χ0n) is 8.70. The predicted octanol–water partition coefficient (Wildman–Crippen LogP) is -0.792. The van der Waals surface area contributed by atoms with Gasteiger partial charge in [-0.3, -0.25) is 9.80 Å². The van der Waals surface area contributed by atoms with Crippen molar-refractivity contribution in [3.8, 4) is 0 Å². The van der Waals surface area contributed by atoms with E-state index < -0.39 is 0 Å². The fourth-order valence-electron chi connectivity index (χ4n) is 1.60. The molecular weight excluding hydrogens is 166 g/mol. The first kappa shape index (κ1) is 10.9. The first-order chi connectivity index (χ1) is 6.27. The zero-order chi connectivity index (χ0) is 9.68. The van der Waals surface area contributed by atoms with Gasteiger partial charge in [-0.15, -0.1) is 0 Å². The van der Waals surface area contributed by atoms with Gasteiger partial charge in [0.25, 0.3) is 0 Å². The molecule has 4 heteroatoms. The molecule has 1 aliphatic rings. The average Bonchev–Trinajstić information content (AvgIpc) is 2.06. The monoisotopic (exact) mass is 187 g/mol. The van der Waals surface area contributed by atoms with Crippen LogP contribution in [-0.4, -0.2) is 69.3 Å². The summed E-state index contributed by atoms with van der Waals surface area (Å²) in [7, 11) is 3.90. The summed E-state index contributed by atoms with van der Waals surface area (Å²) in [5, 5.41) is 0. The van der Waals surface area contributed by atoms with E-state index >= 15 is 0 Å². The second-order valence-electron chi connectivity index (χ2n) is 3.68. The lowest BCUT2D eigenvalue weighted by atomic mass is 10.1. The van der Waals surface area contributed by atoms with Crippen LogP contribution in [0.3, 0.4) is 0 Å². The van der Waals surface area contributed by atoms with Gasteiger partial charge in [0.1, 0.15) is 0 Å². The number of likely N-dealkylation sites (tertiary alicyclic amines) is 1. The Morgan fingerprint density at radius 1 is 1.54 bits per heavy atom. The van der Waals surface area contributed by atoms with Gasteiger partial charge in [0.15, 0.2) is 0 Å². The highest BCUT2D eigenvalue weighted by Gasteiger charge is 2.28. The molecule has 1 rings (SSSR count). The van der Waals surface area contributed by atoms with E-state index in [9.17, 15) is 0 Å². The van der Waals surface area contributed by atoms with E-state index in [-0.39, 0.29) is 0 Å². The summed E-state index contributed by atoms with van der Waals surface area (Å²) in [5.41, 5.74) is 5.47. The lowest BCUT2D eigenvalue weighted by Crippen LogP contribution is -2.59. The third-order valence-electron chi connectivity index (χ3n) is 2.65. The van der Waals surface area contributed by atoms with E-state index in [1.165, 1.54) is 0 Å². The first-order valence-corrected chi connectivity index (χ1v) is 4.89. The third kappa shape index (κ3) is 3.23. The number of nitrogens with zero attached hydrogens (tertiary/aromatic N) is 2. The standard InChI is InChI=1S/C9H21N3O/c1-11(5-6-13-2)9-7-12(8-9)4-3-10/h9H,3-8,10H2,1-2H3. The number of ether oxygens (including phenoxy) is 1. The Labute approximate surface area is 80.6 Å². The average molecular weight is 187 g/mol. The van der Waals surface area contributed by atoms with Crippen molar-refractivity contribution in [3.63, 3.8) is 0 Å². The molecule has 0 aromatic heterocycles. The minimum atomic E-state index is 0.710. The molecule has 0 aliphatic carbocycles. The van der Waals surface area contributed by atoms with Crippen LogP contribution >= 0.6 is 0 Å². The summed E-state index contributed by atoms with van der Waals surface area (Å²) in [4.78, 5) is 4.74. The zero-order valence-corrected chi connectivity index (χ0v) is 8.70. The fraction of sp³-hybridized carbons (Fsp3) is 1.00. The molecule has 2 N–H and O–H groups in total. The maximum absolute atomic E-state index is 5.47. The highest BCUT2D eigenvalue weighted by molar-refractivity contribution is 4.86. The second kappa shape index (κ2) is 5.54. The maximum Gasteiger partial charge on any atom is 0.0589 e. The van der Waals surface area contributed by atoms with Gasteiger partial charge >= 0.3 is 0 Å². The summed E-state index contributed by atoms with van der Waals surface area (Å²) in [6.07, 6.45) is 0. The van der Waals surface area contributed by atoms with Crippen molar-refractivity contribution >= 4 is 0 Å². The van der Waals surface area contributed by atoms with Crippen molar-refractivity contribution in [2.45, 2.75) is 6.04 Å². The Balaban J connectivity index is 2.04. The third-order valence-corrected chi connectivity index (χ3v) is 2.65. The highest BCUT2D eigenvalue weighted by atomic mass is 16.5. The van der Waals surface area contributed by atoms with Crippen LogP contribution in [-0.2, 0) is 4.74 Å². The number of nitrogens with two attached hydrogens (primary N) is 1. The molecule has 0 aromatic carbocycles. The second-order valence-corrected chi connectivity index (χ2v) is 3.68. The van der Waals surface area contributed by atoms with Crippen LogP contribution in [0.4, 0.5) is 0 Å². The molecule has 1 aliphatic heterocycles. The SMILES string of the molecule is COCCN(C)C1CN(CCN)C1. The number of hydrogen-bond acceptors (Lipinski definition) is 4. The van der Waals surface area contributed by atoms with Crippen molar-refractivity contribution in [1.29, 1.82) is 0 Å². The quantitative estimate of drug-likeness (QED) is 0.591. The Hall–Kier alpha value is -0.160. The number of methoxy groups -OCH3 is 1. The predicted molar refractivity (Wildman–Crippen MR) is 53.8 cm³/mol. The summed E-state index contributed by atoms with van der Waals surface area (Å²) in [6.45, 7) is 5.99. The molecule has 0 spiro atoms. The summed E-state index contributed by atoms with van der Waals surface area (Å²) < 4.78 is 5.03. The van der Waals surface area contributed by atoms with Crippen molar-refractivity contribution in [2.75, 3.05) is 53.5 Å². The minimum absolute atomic E-state index is 0.710. The number of likely N-dealkylation sites (N-methyl/N-ethyl adjacent to an activating group) is 1. The molecule has 1 heterocycles. The fourth-order valence-corrected chi connectivity index (χ4v) is 1.60. The smallest absolute Gasteiger partial charge is 0.0589 e. The van der Waals surface area contributed by atoms with E-state index in [2.05, 4.69) is 16.8 Å². The van der Waals surface area contributed by atoms with Crippen molar-refractivity contribution in [1.82, 2.24) is 9.80 Å². The van der Waals surface area contributed by atoms with Crippen LogP contribution < -0.4 is 5.73 Å². The minimum Gasteiger partial charge on any atom is -0.383 e. The van der Waals surface area contributed by atoms with Gasteiger partial charge in [0.05, 0.1) is 6.61 Å². The van der Waals surface area contributed by atoms with Gasteiger partial charge in [-0.05, 0) is 7.05 Å². The van der Waals surface area contributed by atoms with E-state index in [1.807, 2.05) is 0 Å². The lowest BCUT2D eigenvalue weighted by molar-refractivity contribution is 0.0373. The Morgan fingerprint density at radius 2 is 2.23 bits per heavy atom. The van der Waals surface area contributed by atoms with E-state index in [1.54, 1.807) is 7.11 Å². The van der Waals surface area contributed by atoms with Crippen LogP contribution in [0.15, 0.2) is 0 Å². The van der Waals surface area contributed by atoms with Gasteiger partial charge in [0, 0.05) is 45.9 Å². The lowest BCUT2D eigenvalue weighted by Gasteiger charge is -2.43.